The summed E-state index contributed by atoms with van der Waals surface area (Å²) in [6.45, 7) is 1.26. The normalized spacial score (nSPS) is 20.0. The van der Waals surface area contributed by atoms with E-state index in [2.05, 4.69) is 5.32 Å². The van der Waals surface area contributed by atoms with Gasteiger partial charge in [-0.3, -0.25) is 9.69 Å². The molecule has 1 N–H and O–H groups in total. The number of urea groups is 2. The minimum absolute atomic E-state index is 0.165. The monoisotopic (exact) mass is 378 g/mol. The minimum atomic E-state index is -0.545. The average Bonchev–Trinajstić information content (AvgIpc) is 2.92. The Hall–Kier alpha value is -3.35. The molecule has 0 aromatic heterocycles. The van der Waals surface area contributed by atoms with Gasteiger partial charge in [-0.15, -0.1) is 0 Å². The van der Waals surface area contributed by atoms with E-state index in [1.807, 2.05) is 36.4 Å². The van der Waals surface area contributed by atoms with Crippen LogP contribution in [0.4, 0.5) is 21.0 Å². The Kier molecular flexibility index (Phi) is 4.73. The smallest absolute Gasteiger partial charge is 0.331 e. The molecule has 2 heterocycles. The molecule has 0 radical (unpaired) electrons. The van der Waals surface area contributed by atoms with Crippen molar-refractivity contribution in [2.75, 3.05) is 29.9 Å². The van der Waals surface area contributed by atoms with E-state index < -0.39 is 6.04 Å². The van der Waals surface area contributed by atoms with Crippen LogP contribution >= 0.6 is 0 Å². The highest BCUT2D eigenvalue weighted by molar-refractivity contribution is 6.21. The van der Waals surface area contributed by atoms with Crippen LogP contribution in [0.2, 0.25) is 0 Å². The Labute approximate surface area is 163 Å². The van der Waals surface area contributed by atoms with Crippen molar-refractivity contribution in [1.82, 2.24) is 10.2 Å². The van der Waals surface area contributed by atoms with Gasteiger partial charge in [0.05, 0.1) is 5.69 Å². The molecular weight excluding hydrogens is 356 g/mol. The van der Waals surface area contributed by atoms with Gasteiger partial charge in [0.15, 0.2) is 0 Å². The largest absolute Gasteiger partial charge is 0.338 e. The molecule has 1 unspecified atom stereocenters. The summed E-state index contributed by atoms with van der Waals surface area (Å²) >= 11 is 0. The van der Waals surface area contributed by atoms with Gasteiger partial charge in [0.1, 0.15) is 6.04 Å². The summed E-state index contributed by atoms with van der Waals surface area (Å²) in [6, 6.07) is 15.6. The van der Waals surface area contributed by atoms with Crippen LogP contribution in [0.15, 0.2) is 54.6 Å². The van der Waals surface area contributed by atoms with Gasteiger partial charge in [-0.2, -0.15) is 0 Å². The van der Waals surface area contributed by atoms with Gasteiger partial charge < -0.3 is 10.2 Å². The molecule has 2 aromatic rings. The summed E-state index contributed by atoms with van der Waals surface area (Å²) in [5.41, 5.74) is 2.15. The maximum Gasteiger partial charge on any atom is 0.331 e. The third kappa shape index (κ3) is 3.19. The highest BCUT2D eigenvalue weighted by Gasteiger charge is 2.43. The first-order chi connectivity index (χ1) is 13.6. The predicted octanol–water partition coefficient (Wildman–Crippen LogP) is 2.62. The fraction of sp³-hybridized carbons (Fsp3) is 0.286. The molecule has 2 fully saturated rings. The van der Waals surface area contributed by atoms with Gasteiger partial charge in [0, 0.05) is 32.2 Å². The summed E-state index contributed by atoms with van der Waals surface area (Å²) in [7, 11) is 1.65. The van der Waals surface area contributed by atoms with Gasteiger partial charge in [-0.1, -0.05) is 36.4 Å². The van der Waals surface area contributed by atoms with Crippen LogP contribution in [0, 0.1) is 0 Å². The summed E-state index contributed by atoms with van der Waals surface area (Å²) in [5.74, 6) is -0.253. The maximum atomic E-state index is 13.1. The molecule has 2 aliphatic rings. The zero-order chi connectivity index (χ0) is 19.7. The first-order valence-electron chi connectivity index (χ1n) is 9.36. The number of imide groups is 1. The summed E-state index contributed by atoms with van der Waals surface area (Å²) in [6.07, 6.45) is 1.31. The Bertz CT molecular complexity index is 915. The number of carbonyl (C=O) groups excluding carboxylic acids is 3. The molecule has 144 valence electrons. The minimum Gasteiger partial charge on any atom is -0.338 e. The lowest BCUT2D eigenvalue weighted by Gasteiger charge is -2.28. The number of likely N-dealkylation sites (N-methyl/N-ethyl adjacent to an activating group) is 1. The number of rotatable bonds is 4. The van der Waals surface area contributed by atoms with Crippen LogP contribution < -0.4 is 15.1 Å². The molecule has 0 aliphatic carbocycles. The molecule has 0 spiro atoms. The van der Waals surface area contributed by atoms with Gasteiger partial charge >= 0.3 is 12.1 Å². The van der Waals surface area contributed by atoms with Crippen molar-refractivity contribution in [2.24, 2.45) is 0 Å². The van der Waals surface area contributed by atoms with Crippen LogP contribution in [-0.4, -0.2) is 49.0 Å². The molecule has 0 bridgehead atoms. The Morgan fingerprint density at radius 3 is 2.50 bits per heavy atom. The second-order valence-corrected chi connectivity index (χ2v) is 7.03. The van der Waals surface area contributed by atoms with Crippen molar-refractivity contribution in [3.63, 3.8) is 0 Å². The number of carbonyl (C=O) groups is 3. The number of benzene rings is 2. The van der Waals surface area contributed by atoms with E-state index in [1.54, 1.807) is 30.1 Å². The lowest BCUT2D eigenvalue weighted by molar-refractivity contribution is -0.119. The molecule has 5 amide bonds. The summed E-state index contributed by atoms with van der Waals surface area (Å²) in [4.78, 5) is 42.3. The zero-order valence-electron chi connectivity index (χ0n) is 15.7. The van der Waals surface area contributed by atoms with Crippen LogP contribution in [-0.2, 0) is 11.2 Å². The third-order valence-electron chi connectivity index (χ3n) is 5.22. The molecule has 7 heteroatoms. The SMILES string of the molecule is CN1C(=O)N(c2cccc(N3CCCNC3=O)c2)C(=O)C1Cc1ccccc1. The number of hydrogen-bond donors (Lipinski definition) is 1. The number of hydrogen-bond acceptors (Lipinski definition) is 3. The maximum absolute atomic E-state index is 13.1. The lowest BCUT2D eigenvalue weighted by Crippen LogP contribution is -2.46. The van der Waals surface area contributed by atoms with Gasteiger partial charge in [0.2, 0.25) is 0 Å². The van der Waals surface area contributed by atoms with E-state index in [0.717, 1.165) is 12.0 Å². The first kappa shape index (κ1) is 18.0. The van der Waals surface area contributed by atoms with Crippen molar-refractivity contribution >= 4 is 29.3 Å². The zero-order valence-corrected chi connectivity index (χ0v) is 15.7. The third-order valence-corrected chi connectivity index (χ3v) is 5.22. The molecule has 7 nitrogen and oxygen atoms in total. The quantitative estimate of drug-likeness (QED) is 0.832. The van der Waals surface area contributed by atoms with Crippen LogP contribution in [0.25, 0.3) is 0 Å². The fourth-order valence-corrected chi connectivity index (χ4v) is 3.68. The van der Waals surface area contributed by atoms with E-state index in [-0.39, 0.29) is 18.0 Å². The van der Waals surface area contributed by atoms with Crippen molar-refractivity contribution in [2.45, 2.75) is 18.9 Å². The molecule has 2 aliphatic heterocycles. The Balaban J connectivity index is 1.60. The van der Waals surface area contributed by atoms with Crippen molar-refractivity contribution in [1.29, 1.82) is 0 Å². The summed E-state index contributed by atoms with van der Waals surface area (Å²) < 4.78 is 0. The number of amides is 5. The molecular formula is C21H22N4O3. The van der Waals surface area contributed by atoms with Crippen molar-refractivity contribution < 1.29 is 14.4 Å². The lowest BCUT2D eigenvalue weighted by atomic mass is 10.1. The Morgan fingerprint density at radius 1 is 1.00 bits per heavy atom. The van der Waals surface area contributed by atoms with Gasteiger partial charge in [-0.25, -0.2) is 14.5 Å². The van der Waals surface area contributed by atoms with Gasteiger partial charge in [-0.05, 0) is 30.2 Å². The summed E-state index contributed by atoms with van der Waals surface area (Å²) in [5, 5.41) is 2.81. The van der Waals surface area contributed by atoms with E-state index in [4.69, 9.17) is 0 Å². The number of nitrogens with zero attached hydrogens (tertiary/aromatic N) is 3. The number of anilines is 2. The predicted molar refractivity (Wildman–Crippen MR) is 106 cm³/mol. The Morgan fingerprint density at radius 2 is 1.75 bits per heavy atom. The van der Waals surface area contributed by atoms with Crippen LogP contribution in [0.5, 0.6) is 0 Å². The second-order valence-electron chi connectivity index (χ2n) is 7.03. The molecule has 4 rings (SSSR count). The number of nitrogens with one attached hydrogen (secondary N) is 1. The van der Waals surface area contributed by atoms with Crippen LogP contribution in [0.1, 0.15) is 12.0 Å². The molecule has 1 atom stereocenters. The van der Waals surface area contributed by atoms with E-state index >= 15 is 0 Å². The van der Waals surface area contributed by atoms with Gasteiger partial charge in [0.25, 0.3) is 5.91 Å². The van der Waals surface area contributed by atoms with E-state index in [1.165, 1.54) is 9.80 Å². The molecule has 2 saturated heterocycles. The average molecular weight is 378 g/mol. The highest BCUT2D eigenvalue weighted by atomic mass is 16.2. The van der Waals surface area contributed by atoms with Crippen molar-refractivity contribution in [3.05, 3.63) is 60.2 Å². The highest BCUT2D eigenvalue weighted by Crippen LogP contribution is 2.29. The van der Waals surface area contributed by atoms with Crippen molar-refractivity contribution in [3.8, 4) is 0 Å². The van der Waals surface area contributed by atoms with Crippen LogP contribution in [0.3, 0.4) is 0 Å². The van der Waals surface area contributed by atoms with E-state index in [9.17, 15) is 14.4 Å². The topological polar surface area (TPSA) is 73.0 Å². The molecule has 0 saturated carbocycles. The standard InChI is InChI=1S/C21H22N4O3/c1-23-18(13-15-7-3-2-4-8-15)19(26)25(21(23)28)17-10-5-9-16(14-17)24-12-6-11-22-20(24)27/h2-5,7-10,14,18H,6,11-13H2,1H3,(H,22,27). The fourth-order valence-electron chi connectivity index (χ4n) is 3.68. The molecule has 28 heavy (non-hydrogen) atoms. The molecule has 2 aromatic carbocycles. The van der Waals surface area contributed by atoms with E-state index in [0.29, 0.717) is 30.9 Å². The second kappa shape index (κ2) is 7.34. The first-order valence-corrected chi connectivity index (χ1v) is 9.36.